The van der Waals surface area contributed by atoms with E-state index >= 15 is 0 Å². The highest BCUT2D eigenvalue weighted by molar-refractivity contribution is 7.80. The zero-order chi connectivity index (χ0) is 12.1. The Morgan fingerprint density at radius 2 is 1.47 bits per heavy atom. The molecule has 17 heavy (non-hydrogen) atoms. The third kappa shape index (κ3) is 3.41. The molecule has 2 aliphatic rings. The third-order valence-corrected chi connectivity index (χ3v) is 4.99. The zero-order valence-corrected chi connectivity index (χ0v) is 11.7. The van der Waals surface area contributed by atoms with Gasteiger partial charge in [-0.2, -0.15) is 0 Å². The summed E-state index contributed by atoms with van der Waals surface area (Å²) >= 11 is 5.38. The van der Waals surface area contributed by atoms with Crippen LogP contribution >= 0.6 is 12.2 Å². The number of likely N-dealkylation sites (tertiary alicyclic amines) is 1. The van der Waals surface area contributed by atoms with Crippen molar-refractivity contribution in [2.45, 2.75) is 57.8 Å². The fourth-order valence-corrected chi connectivity index (χ4v) is 3.70. The summed E-state index contributed by atoms with van der Waals surface area (Å²) < 4.78 is 0. The number of rotatable bonds is 3. The van der Waals surface area contributed by atoms with E-state index < -0.39 is 0 Å². The van der Waals surface area contributed by atoms with Gasteiger partial charge < -0.3 is 10.6 Å². The van der Waals surface area contributed by atoms with Crippen molar-refractivity contribution in [3.05, 3.63) is 0 Å². The first-order chi connectivity index (χ1) is 8.23. The average molecular weight is 254 g/mol. The topological polar surface area (TPSA) is 29.3 Å². The molecule has 0 atom stereocenters. The SMILES string of the molecule is NC(=S)C1(CN2CCCCCC2)CCCCC1. The molecule has 98 valence electrons. The third-order valence-electron chi connectivity index (χ3n) is 4.56. The van der Waals surface area contributed by atoms with Crippen LogP contribution in [0.5, 0.6) is 0 Å². The summed E-state index contributed by atoms with van der Waals surface area (Å²) in [5, 5.41) is 0. The van der Waals surface area contributed by atoms with Gasteiger partial charge >= 0.3 is 0 Å². The minimum Gasteiger partial charge on any atom is -0.393 e. The first-order valence-electron chi connectivity index (χ1n) is 7.25. The number of thiocarbonyl (C=S) groups is 1. The minimum absolute atomic E-state index is 0.165. The Morgan fingerprint density at radius 3 is 2.00 bits per heavy atom. The maximum atomic E-state index is 6.06. The Morgan fingerprint density at radius 1 is 0.941 bits per heavy atom. The molecule has 0 spiro atoms. The Hall–Kier alpha value is -0.150. The molecule has 1 saturated heterocycles. The molecule has 0 unspecified atom stereocenters. The molecule has 1 heterocycles. The van der Waals surface area contributed by atoms with Crippen LogP contribution in [0.2, 0.25) is 0 Å². The van der Waals surface area contributed by atoms with Gasteiger partial charge in [0.25, 0.3) is 0 Å². The van der Waals surface area contributed by atoms with Crippen molar-refractivity contribution in [3.8, 4) is 0 Å². The number of nitrogens with two attached hydrogens (primary N) is 1. The van der Waals surface area contributed by atoms with Gasteiger partial charge in [-0.15, -0.1) is 0 Å². The van der Waals surface area contributed by atoms with Gasteiger partial charge in [0.2, 0.25) is 0 Å². The van der Waals surface area contributed by atoms with Gasteiger partial charge in [0, 0.05) is 12.0 Å². The van der Waals surface area contributed by atoms with Crippen LogP contribution < -0.4 is 5.73 Å². The summed E-state index contributed by atoms with van der Waals surface area (Å²) in [6, 6.07) is 0. The fraction of sp³-hybridized carbons (Fsp3) is 0.929. The van der Waals surface area contributed by atoms with Crippen molar-refractivity contribution in [2.75, 3.05) is 19.6 Å². The molecule has 0 bridgehead atoms. The van der Waals surface area contributed by atoms with Gasteiger partial charge in [-0.05, 0) is 38.8 Å². The van der Waals surface area contributed by atoms with Gasteiger partial charge in [0.05, 0.1) is 4.99 Å². The average Bonchev–Trinajstić information content (AvgIpc) is 2.59. The van der Waals surface area contributed by atoms with Gasteiger partial charge in [-0.3, -0.25) is 0 Å². The van der Waals surface area contributed by atoms with E-state index in [9.17, 15) is 0 Å². The second-order valence-electron chi connectivity index (χ2n) is 5.90. The van der Waals surface area contributed by atoms with Crippen LogP contribution in [0.15, 0.2) is 0 Å². The maximum Gasteiger partial charge on any atom is 0.0802 e. The maximum absolute atomic E-state index is 6.06. The van der Waals surface area contributed by atoms with E-state index in [0.29, 0.717) is 0 Å². The molecule has 2 N–H and O–H groups in total. The number of hydrogen-bond acceptors (Lipinski definition) is 2. The van der Waals surface area contributed by atoms with Crippen LogP contribution in [-0.2, 0) is 0 Å². The molecule has 0 amide bonds. The molecule has 0 aromatic carbocycles. The van der Waals surface area contributed by atoms with E-state index in [-0.39, 0.29) is 5.41 Å². The van der Waals surface area contributed by atoms with Gasteiger partial charge in [0.1, 0.15) is 0 Å². The van der Waals surface area contributed by atoms with Crippen LogP contribution in [0.4, 0.5) is 0 Å². The first-order valence-corrected chi connectivity index (χ1v) is 7.66. The highest BCUT2D eigenvalue weighted by Crippen LogP contribution is 2.37. The molecule has 3 heteroatoms. The van der Waals surface area contributed by atoms with Gasteiger partial charge in [0.15, 0.2) is 0 Å². The molecule has 1 aliphatic heterocycles. The van der Waals surface area contributed by atoms with Crippen molar-refractivity contribution in [1.29, 1.82) is 0 Å². The summed E-state index contributed by atoms with van der Waals surface area (Å²) in [5.41, 5.74) is 6.23. The molecule has 2 rings (SSSR count). The molecular formula is C14H26N2S. The molecule has 0 radical (unpaired) electrons. The molecule has 1 saturated carbocycles. The van der Waals surface area contributed by atoms with E-state index in [0.717, 1.165) is 11.5 Å². The lowest BCUT2D eigenvalue weighted by Crippen LogP contribution is -2.47. The summed E-state index contributed by atoms with van der Waals surface area (Å²) in [4.78, 5) is 3.40. The summed E-state index contributed by atoms with van der Waals surface area (Å²) in [6.45, 7) is 3.64. The van der Waals surface area contributed by atoms with E-state index in [1.807, 2.05) is 0 Å². The Balaban J connectivity index is 1.98. The number of nitrogens with zero attached hydrogens (tertiary/aromatic N) is 1. The largest absolute Gasteiger partial charge is 0.393 e. The fourth-order valence-electron chi connectivity index (χ4n) is 3.43. The van der Waals surface area contributed by atoms with E-state index in [2.05, 4.69) is 4.90 Å². The van der Waals surface area contributed by atoms with Crippen LogP contribution in [0.3, 0.4) is 0 Å². The molecule has 0 aromatic rings. The molecule has 1 aliphatic carbocycles. The van der Waals surface area contributed by atoms with Crippen molar-refractivity contribution in [2.24, 2.45) is 11.1 Å². The van der Waals surface area contributed by atoms with E-state index in [4.69, 9.17) is 18.0 Å². The van der Waals surface area contributed by atoms with Crippen LogP contribution in [0, 0.1) is 5.41 Å². The van der Waals surface area contributed by atoms with Crippen molar-refractivity contribution >= 4 is 17.2 Å². The van der Waals surface area contributed by atoms with Crippen LogP contribution in [0.25, 0.3) is 0 Å². The highest BCUT2D eigenvalue weighted by Gasteiger charge is 2.36. The Kier molecular flexibility index (Phi) is 4.80. The minimum atomic E-state index is 0.165. The zero-order valence-electron chi connectivity index (χ0n) is 10.9. The number of hydrogen-bond donors (Lipinski definition) is 1. The quantitative estimate of drug-likeness (QED) is 0.785. The Bertz CT molecular complexity index is 251. The summed E-state index contributed by atoms with van der Waals surface area (Å²) in [5.74, 6) is 0. The second-order valence-corrected chi connectivity index (χ2v) is 6.34. The molecule has 2 nitrogen and oxygen atoms in total. The van der Waals surface area contributed by atoms with Crippen molar-refractivity contribution < 1.29 is 0 Å². The predicted octanol–water partition coefficient (Wildman–Crippen LogP) is 3.10. The monoisotopic (exact) mass is 254 g/mol. The molecule has 2 fully saturated rings. The Labute approximate surface area is 111 Å². The highest BCUT2D eigenvalue weighted by atomic mass is 32.1. The predicted molar refractivity (Wildman–Crippen MR) is 77.2 cm³/mol. The lowest BCUT2D eigenvalue weighted by Gasteiger charge is -2.40. The van der Waals surface area contributed by atoms with E-state index in [1.165, 1.54) is 70.9 Å². The second kappa shape index (κ2) is 6.14. The normalized spacial score (nSPS) is 26.4. The lowest BCUT2D eigenvalue weighted by atomic mass is 9.73. The van der Waals surface area contributed by atoms with Crippen molar-refractivity contribution in [1.82, 2.24) is 4.90 Å². The van der Waals surface area contributed by atoms with Crippen molar-refractivity contribution in [3.63, 3.8) is 0 Å². The van der Waals surface area contributed by atoms with Gasteiger partial charge in [-0.25, -0.2) is 0 Å². The lowest BCUT2D eigenvalue weighted by molar-refractivity contribution is 0.166. The molecular weight excluding hydrogens is 228 g/mol. The molecule has 0 aromatic heterocycles. The smallest absolute Gasteiger partial charge is 0.0802 e. The standard InChI is InChI=1S/C14H26N2S/c15-13(17)14(8-4-3-5-9-14)12-16-10-6-1-2-7-11-16/h1-12H2,(H2,15,17). The van der Waals surface area contributed by atoms with E-state index in [1.54, 1.807) is 0 Å². The summed E-state index contributed by atoms with van der Waals surface area (Å²) in [6.07, 6.45) is 11.9. The van der Waals surface area contributed by atoms with Crippen LogP contribution in [-0.4, -0.2) is 29.5 Å². The van der Waals surface area contributed by atoms with Crippen LogP contribution in [0.1, 0.15) is 57.8 Å². The first kappa shape index (κ1) is 13.3. The van der Waals surface area contributed by atoms with Gasteiger partial charge in [-0.1, -0.05) is 44.3 Å². The summed E-state index contributed by atoms with van der Waals surface area (Å²) in [7, 11) is 0.